The van der Waals surface area contributed by atoms with Gasteiger partial charge in [0.05, 0.1) is 14.9 Å². The summed E-state index contributed by atoms with van der Waals surface area (Å²) in [6.07, 6.45) is 0. The van der Waals surface area contributed by atoms with Crippen LogP contribution in [0.25, 0.3) is 11.4 Å². The molecule has 0 radical (unpaired) electrons. The Kier molecular flexibility index (Phi) is 4.76. The summed E-state index contributed by atoms with van der Waals surface area (Å²) in [5.41, 5.74) is 0.165. The van der Waals surface area contributed by atoms with E-state index in [4.69, 9.17) is 20.9 Å². The smallest absolute Gasteiger partial charge is 0.271 e. The molecule has 3 rings (SSSR count). The minimum Gasteiger partial charge on any atom is -0.482 e. The minimum absolute atomic E-state index is 0.0672. The van der Waals surface area contributed by atoms with Crippen molar-refractivity contribution in [2.45, 2.75) is 6.61 Å². The van der Waals surface area contributed by atoms with Crippen molar-refractivity contribution in [3.05, 3.63) is 73.6 Å². The van der Waals surface area contributed by atoms with Crippen LogP contribution in [0.15, 0.2) is 47.0 Å². The zero-order valence-electron chi connectivity index (χ0n) is 12.9. The lowest BCUT2D eigenvalue weighted by Gasteiger charge is -2.04. The van der Waals surface area contributed by atoms with E-state index in [9.17, 15) is 20.2 Å². The molecule has 11 heteroatoms. The molecule has 0 fully saturated rings. The maximum Gasteiger partial charge on any atom is 0.271 e. The number of hydrogen-bond donors (Lipinski definition) is 0. The number of hydrogen-bond acceptors (Lipinski definition) is 8. The van der Waals surface area contributed by atoms with Crippen molar-refractivity contribution < 1.29 is 19.1 Å². The van der Waals surface area contributed by atoms with E-state index in [1.54, 1.807) is 6.07 Å². The number of aromatic nitrogens is 2. The quantitative estimate of drug-likeness (QED) is 0.468. The molecule has 0 N–H and O–H groups in total. The van der Waals surface area contributed by atoms with Crippen molar-refractivity contribution in [1.29, 1.82) is 0 Å². The van der Waals surface area contributed by atoms with Crippen LogP contribution in [0, 0.1) is 20.2 Å². The van der Waals surface area contributed by atoms with E-state index in [1.807, 2.05) is 0 Å². The summed E-state index contributed by atoms with van der Waals surface area (Å²) in [6.45, 7) is -0.126. The molecule has 0 amide bonds. The van der Waals surface area contributed by atoms with Crippen LogP contribution >= 0.6 is 11.6 Å². The van der Waals surface area contributed by atoms with Gasteiger partial charge in [0.2, 0.25) is 5.82 Å². The Bertz CT molecular complexity index is 990. The molecule has 0 aliphatic rings. The zero-order chi connectivity index (χ0) is 18.7. The molecular weight excluding hydrogens is 368 g/mol. The second kappa shape index (κ2) is 7.15. The maximum atomic E-state index is 10.8. The Morgan fingerprint density at radius 2 is 1.81 bits per heavy atom. The lowest BCUT2D eigenvalue weighted by Crippen LogP contribution is -1.97. The van der Waals surface area contributed by atoms with Gasteiger partial charge in [-0.05, 0) is 6.07 Å². The molecule has 0 spiro atoms. The second-order valence-corrected chi connectivity index (χ2v) is 5.39. The molecule has 26 heavy (non-hydrogen) atoms. The first-order chi connectivity index (χ1) is 12.4. The third kappa shape index (κ3) is 3.75. The Balaban J connectivity index is 1.72. The van der Waals surface area contributed by atoms with Crippen LogP contribution < -0.4 is 4.74 Å². The highest BCUT2D eigenvalue weighted by molar-refractivity contribution is 6.32. The Morgan fingerprint density at radius 3 is 2.50 bits per heavy atom. The molecule has 3 aromatic rings. The fourth-order valence-corrected chi connectivity index (χ4v) is 2.28. The predicted octanol–water partition coefficient (Wildman–Crippen LogP) is 3.79. The first-order valence-corrected chi connectivity index (χ1v) is 7.46. The highest BCUT2D eigenvalue weighted by Crippen LogP contribution is 2.29. The zero-order valence-corrected chi connectivity index (χ0v) is 13.6. The molecule has 0 saturated heterocycles. The summed E-state index contributed by atoms with van der Waals surface area (Å²) in [5, 5.41) is 25.3. The van der Waals surface area contributed by atoms with Gasteiger partial charge in [0.15, 0.2) is 6.61 Å². The molecule has 2 aromatic carbocycles. The van der Waals surface area contributed by atoms with Crippen LogP contribution in [-0.2, 0) is 6.61 Å². The van der Waals surface area contributed by atoms with Gasteiger partial charge in [-0.25, -0.2) is 0 Å². The minimum atomic E-state index is -0.570. The summed E-state index contributed by atoms with van der Waals surface area (Å²) < 4.78 is 10.4. The third-order valence-electron chi connectivity index (χ3n) is 3.26. The van der Waals surface area contributed by atoms with E-state index in [0.717, 1.165) is 0 Å². The molecule has 0 atom stereocenters. The van der Waals surface area contributed by atoms with Crippen molar-refractivity contribution in [2.24, 2.45) is 0 Å². The summed E-state index contributed by atoms with van der Waals surface area (Å²) in [7, 11) is 0. The summed E-state index contributed by atoms with van der Waals surface area (Å²) in [5.74, 6) is 0.496. The van der Waals surface area contributed by atoms with E-state index >= 15 is 0 Å². The maximum absolute atomic E-state index is 10.8. The lowest BCUT2D eigenvalue weighted by atomic mass is 10.2. The number of benzene rings is 2. The molecule has 132 valence electrons. The highest BCUT2D eigenvalue weighted by Gasteiger charge is 2.14. The van der Waals surface area contributed by atoms with E-state index in [1.165, 1.54) is 36.4 Å². The van der Waals surface area contributed by atoms with Crippen molar-refractivity contribution >= 4 is 23.0 Å². The van der Waals surface area contributed by atoms with Gasteiger partial charge in [-0.2, -0.15) is 4.98 Å². The SMILES string of the molecule is O=[N+]([O-])c1cccc(-c2noc(COc3ccc([N+](=O)[O-])cc3Cl)n2)c1. The number of ether oxygens (including phenoxy) is 1. The number of nitro groups is 2. The van der Waals surface area contributed by atoms with Crippen molar-refractivity contribution in [1.82, 2.24) is 10.1 Å². The average Bonchev–Trinajstić information content (AvgIpc) is 3.09. The Labute approximate surface area is 150 Å². The highest BCUT2D eigenvalue weighted by atomic mass is 35.5. The van der Waals surface area contributed by atoms with Gasteiger partial charge in [0.25, 0.3) is 17.3 Å². The number of nitro benzene ring substituents is 2. The topological polar surface area (TPSA) is 134 Å². The number of rotatable bonds is 6. The standard InChI is InChI=1S/C15H9ClN4O6/c16-12-7-11(20(23)24)4-5-13(12)25-8-14-17-15(18-26-14)9-2-1-3-10(6-9)19(21)22/h1-7H,8H2. The van der Waals surface area contributed by atoms with Gasteiger partial charge in [0, 0.05) is 29.8 Å². The van der Waals surface area contributed by atoms with Crippen LogP contribution in [0.2, 0.25) is 5.02 Å². The summed E-state index contributed by atoms with van der Waals surface area (Å²) >= 11 is 5.93. The monoisotopic (exact) mass is 376 g/mol. The fourth-order valence-electron chi connectivity index (χ4n) is 2.05. The van der Waals surface area contributed by atoms with Gasteiger partial charge >= 0.3 is 0 Å². The van der Waals surface area contributed by atoms with E-state index in [0.29, 0.717) is 5.56 Å². The second-order valence-electron chi connectivity index (χ2n) is 4.98. The molecule has 1 heterocycles. The van der Waals surface area contributed by atoms with Crippen molar-refractivity contribution in [3.8, 4) is 17.1 Å². The lowest BCUT2D eigenvalue weighted by molar-refractivity contribution is -0.385. The Morgan fingerprint density at radius 1 is 1.08 bits per heavy atom. The van der Waals surface area contributed by atoms with Gasteiger partial charge in [-0.1, -0.05) is 28.9 Å². The number of nitrogens with zero attached hydrogens (tertiary/aromatic N) is 4. The molecule has 1 aromatic heterocycles. The normalized spacial score (nSPS) is 10.5. The van der Waals surface area contributed by atoms with Crippen molar-refractivity contribution in [3.63, 3.8) is 0 Å². The van der Waals surface area contributed by atoms with Gasteiger partial charge in [0.1, 0.15) is 5.75 Å². The van der Waals surface area contributed by atoms with Crippen molar-refractivity contribution in [2.75, 3.05) is 0 Å². The Hall–Kier alpha value is -3.53. The van der Waals surface area contributed by atoms with Crippen LogP contribution in [-0.4, -0.2) is 20.0 Å². The van der Waals surface area contributed by atoms with Crippen LogP contribution in [0.3, 0.4) is 0 Å². The summed E-state index contributed by atoms with van der Waals surface area (Å²) in [4.78, 5) is 24.5. The predicted molar refractivity (Wildman–Crippen MR) is 88.8 cm³/mol. The number of halogens is 1. The van der Waals surface area contributed by atoms with Gasteiger partial charge in [-0.3, -0.25) is 20.2 Å². The van der Waals surface area contributed by atoms with Gasteiger partial charge in [-0.15, -0.1) is 0 Å². The molecule has 10 nitrogen and oxygen atoms in total. The average molecular weight is 377 g/mol. The first kappa shape index (κ1) is 17.3. The van der Waals surface area contributed by atoms with E-state index in [-0.39, 0.29) is 40.5 Å². The van der Waals surface area contributed by atoms with Crippen LogP contribution in [0.1, 0.15) is 5.89 Å². The molecule has 0 unspecified atom stereocenters. The third-order valence-corrected chi connectivity index (χ3v) is 3.56. The molecule has 0 aliphatic heterocycles. The van der Waals surface area contributed by atoms with E-state index in [2.05, 4.69) is 10.1 Å². The summed E-state index contributed by atoms with van der Waals surface area (Å²) in [6, 6.07) is 9.57. The number of non-ortho nitro benzene ring substituents is 2. The van der Waals surface area contributed by atoms with Gasteiger partial charge < -0.3 is 9.26 Å². The van der Waals surface area contributed by atoms with Crippen LogP contribution in [0.5, 0.6) is 5.75 Å². The molecular formula is C15H9ClN4O6. The largest absolute Gasteiger partial charge is 0.482 e. The molecule has 0 bridgehead atoms. The van der Waals surface area contributed by atoms with E-state index < -0.39 is 9.85 Å². The fraction of sp³-hybridized carbons (Fsp3) is 0.0667. The molecule has 0 aliphatic carbocycles. The van der Waals surface area contributed by atoms with Crippen LogP contribution in [0.4, 0.5) is 11.4 Å². The molecule has 0 saturated carbocycles. The first-order valence-electron chi connectivity index (χ1n) is 7.08.